The van der Waals surface area contributed by atoms with Crippen LogP contribution in [0.25, 0.3) is 5.57 Å². The minimum absolute atomic E-state index is 0.0885. The van der Waals surface area contributed by atoms with Gasteiger partial charge in [0.2, 0.25) is 0 Å². The van der Waals surface area contributed by atoms with Gasteiger partial charge in [-0.1, -0.05) is 0 Å². The van der Waals surface area contributed by atoms with Crippen molar-refractivity contribution in [2.75, 3.05) is 0 Å². The Morgan fingerprint density at radius 1 is 1.25 bits per heavy atom. The first-order valence-corrected chi connectivity index (χ1v) is 9.24. The molecule has 1 aromatic heterocycles. The van der Waals surface area contributed by atoms with Gasteiger partial charge in [0.05, 0.1) is 4.51 Å². The van der Waals surface area contributed by atoms with Gasteiger partial charge in [-0.05, 0) is 55.7 Å². The number of fused-ring (bicyclic) bond motifs is 1. The van der Waals surface area contributed by atoms with E-state index in [2.05, 4.69) is 5.10 Å². The molecule has 7 heteroatoms. The zero-order valence-electron chi connectivity index (χ0n) is 14.0. The average molecular weight is 348 g/mol. The molecule has 1 aromatic carbocycles. The van der Waals surface area contributed by atoms with Crippen molar-refractivity contribution in [1.82, 2.24) is 9.78 Å². The molecule has 0 radical (unpaired) electrons. The maximum absolute atomic E-state index is 12.9. The summed E-state index contributed by atoms with van der Waals surface area (Å²) in [5.74, 6) is -0.358. The van der Waals surface area contributed by atoms with Gasteiger partial charge in [-0.25, -0.2) is 0 Å². The van der Waals surface area contributed by atoms with E-state index in [4.69, 9.17) is 0 Å². The van der Waals surface area contributed by atoms with E-state index < -0.39 is 9.77 Å². The minimum Gasteiger partial charge on any atom is -0.321 e. The third kappa shape index (κ3) is 2.28. The summed E-state index contributed by atoms with van der Waals surface area (Å²) < 4.78 is 22.4. The molecule has 128 valence electrons. The third-order valence-electron chi connectivity index (χ3n) is 4.41. The number of benzene rings is 1. The first-order chi connectivity index (χ1) is 11.2. The van der Waals surface area contributed by atoms with Gasteiger partial charge in [0.1, 0.15) is 5.56 Å². The van der Waals surface area contributed by atoms with Crippen molar-refractivity contribution in [3.05, 3.63) is 54.6 Å². The standard InChI is InChI=1S/C17H20N2O4S/c1-5-19-17(21)13(7-18-19)15(20)12-6-9(2)16-14(11(12)4)10(3)8-24(16,22)23/h6-8,18,22-23H,5H2,1-4H3. The number of H-pyrrole nitrogens is 1. The van der Waals surface area contributed by atoms with Gasteiger partial charge in [-0.2, -0.15) is 0 Å². The maximum atomic E-state index is 12.9. The van der Waals surface area contributed by atoms with Crippen LogP contribution in [0.15, 0.2) is 17.1 Å². The lowest BCUT2D eigenvalue weighted by molar-refractivity contribution is 0.103. The van der Waals surface area contributed by atoms with Crippen LogP contribution >= 0.6 is 9.77 Å². The van der Waals surface area contributed by atoms with Crippen LogP contribution in [0.3, 0.4) is 0 Å². The molecule has 2 aromatic rings. The maximum Gasteiger partial charge on any atom is 0.277 e. The quantitative estimate of drug-likeness (QED) is 0.584. The van der Waals surface area contributed by atoms with Crippen molar-refractivity contribution < 1.29 is 13.9 Å². The molecule has 3 N–H and O–H groups in total. The Bertz CT molecular complexity index is 1150. The summed E-state index contributed by atoms with van der Waals surface area (Å²) in [6.45, 7) is 7.58. The Morgan fingerprint density at radius 3 is 2.50 bits per heavy atom. The molecule has 0 unspecified atom stereocenters. The van der Waals surface area contributed by atoms with Gasteiger partial charge in [-0.3, -0.25) is 14.3 Å². The van der Waals surface area contributed by atoms with Gasteiger partial charge >= 0.3 is 0 Å². The Balaban J connectivity index is 2.33. The highest BCUT2D eigenvalue weighted by Crippen LogP contribution is 2.26. The molecule has 24 heavy (non-hydrogen) atoms. The van der Waals surface area contributed by atoms with E-state index in [0.29, 0.717) is 33.0 Å². The van der Waals surface area contributed by atoms with Crippen LogP contribution in [-0.2, 0) is 6.54 Å². The van der Waals surface area contributed by atoms with E-state index in [9.17, 15) is 18.7 Å². The normalized spacial score (nSPS) is 15.3. The number of nitrogens with one attached hydrogen (secondary N) is 1. The minimum atomic E-state index is -2.97. The van der Waals surface area contributed by atoms with Gasteiger partial charge in [0, 0.05) is 33.4 Å². The second-order valence-electron chi connectivity index (χ2n) is 6.03. The van der Waals surface area contributed by atoms with Crippen LogP contribution in [0.1, 0.15) is 40.9 Å². The predicted molar refractivity (Wildman–Crippen MR) is 96.5 cm³/mol. The van der Waals surface area contributed by atoms with Gasteiger partial charge in [0.15, 0.2) is 5.78 Å². The van der Waals surface area contributed by atoms with Crippen LogP contribution in [0.2, 0.25) is 0 Å². The van der Waals surface area contributed by atoms with Gasteiger partial charge in [0.25, 0.3) is 5.56 Å². The number of aromatic amines is 1. The summed E-state index contributed by atoms with van der Waals surface area (Å²) in [4.78, 5) is 25.1. The number of hydrogen-bond donors (Lipinski definition) is 3. The Kier molecular flexibility index (Phi) is 3.82. The number of hydrogen-bond acceptors (Lipinski definition) is 4. The molecule has 0 atom stereocenters. The third-order valence-corrected chi connectivity index (χ3v) is 6.22. The summed E-state index contributed by atoms with van der Waals surface area (Å²) in [6, 6.07) is 1.64. The predicted octanol–water partition coefficient (Wildman–Crippen LogP) is 2.03. The second kappa shape index (κ2) is 5.47. The average Bonchev–Trinajstić information content (AvgIpc) is 2.99. The molecule has 1 aliphatic rings. The highest BCUT2D eigenvalue weighted by molar-refractivity contribution is 8.15. The summed E-state index contributed by atoms with van der Waals surface area (Å²) in [7, 11) is -2.97. The fourth-order valence-electron chi connectivity index (χ4n) is 3.31. The van der Waals surface area contributed by atoms with E-state index in [0.717, 1.165) is 5.57 Å². The van der Waals surface area contributed by atoms with Crippen LogP contribution in [0, 0.1) is 18.4 Å². The molecule has 1 aliphatic heterocycles. The molecule has 0 spiro atoms. The van der Waals surface area contributed by atoms with Crippen LogP contribution in [0.4, 0.5) is 0 Å². The molecule has 0 amide bonds. The van der Waals surface area contributed by atoms with Crippen LogP contribution in [-0.4, -0.2) is 30.0 Å². The van der Waals surface area contributed by atoms with E-state index >= 15 is 0 Å². The smallest absolute Gasteiger partial charge is 0.277 e. The molecule has 0 bridgehead atoms. The zero-order valence-corrected chi connectivity index (χ0v) is 14.8. The topological polar surface area (TPSA) is 95.3 Å². The fourth-order valence-corrected chi connectivity index (χ4v) is 5.18. The largest absolute Gasteiger partial charge is 0.321 e. The number of carbonyl (C=O) groups excluding carboxylic acids is 1. The lowest BCUT2D eigenvalue weighted by atomic mass is 9.95. The Labute approximate surface area is 139 Å². The molecule has 0 fully saturated rings. The number of ketones is 1. The van der Waals surface area contributed by atoms with E-state index in [1.54, 1.807) is 26.8 Å². The molecule has 6 nitrogen and oxygen atoms in total. The number of aryl methyl sites for hydroxylation is 2. The van der Waals surface area contributed by atoms with Crippen molar-refractivity contribution >= 4 is 26.5 Å². The zero-order chi connectivity index (χ0) is 17.8. The van der Waals surface area contributed by atoms with Crippen molar-refractivity contribution in [1.29, 1.82) is 0 Å². The summed E-state index contributed by atoms with van der Waals surface area (Å²) >= 11 is 0. The lowest BCUT2D eigenvalue weighted by Crippen LogP contribution is -2.23. The van der Waals surface area contributed by atoms with Gasteiger partial charge < -0.3 is 14.2 Å². The fraction of sp³-hybridized carbons (Fsp3) is 0.294. The monoisotopic (exact) mass is 348 g/mol. The molecule has 0 saturated carbocycles. The SMILES string of the molecule is CCn1[nH]cc(C(=O)c2cc(C)c3c(c2C)=C(C)C=S=3(O)O)c1=O. The number of carbonyl (C=O) groups is 1. The molecular weight excluding hydrogens is 328 g/mol. The molecule has 0 aliphatic carbocycles. The number of nitrogens with zero attached hydrogens (tertiary/aromatic N) is 1. The first-order valence-electron chi connectivity index (χ1n) is 7.63. The van der Waals surface area contributed by atoms with E-state index in [-0.39, 0.29) is 16.9 Å². The van der Waals surface area contributed by atoms with Crippen LogP contribution in [0.5, 0.6) is 0 Å². The van der Waals surface area contributed by atoms with Crippen molar-refractivity contribution in [3.63, 3.8) is 0 Å². The number of rotatable bonds is 3. The van der Waals surface area contributed by atoms with Crippen molar-refractivity contribution in [3.8, 4) is 0 Å². The Morgan fingerprint density at radius 2 is 1.92 bits per heavy atom. The summed E-state index contributed by atoms with van der Waals surface area (Å²) in [5, 5.41) is 4.93. The summed E-state index contributed by atoms with van der Waals surface area (Å²) in [5.41, 5.74) is 2.19. The first kappa shape index (κ1) is 16.8. The second-order valence-corrected chi connectivity index (χ2v) is 7.86. The van der Waals surface area contributed by atoms with Crippen molar-refractivity contribution in [2.45, 2.75) is 34.2 Å². The summed E-state index contributed by atoms with van der Waals surface area (Å²) in [6.07, 6.45) is 1.42. The molecular formula is C17H20N2O4S. The molecule has 0 saturated heterocycles. The van der Waals surface area contributed by atoms with Gasteiger partial charge in [-0.15, -0.1) is 0 Å². The number of aromatic nitrogens is 2. The lowest BCUT2D eigenvalue weighted by Gasteiger charge is -2.09. The highest BCUT2D eigenvalue weighted by atomic mass is 32.2. The van der Waals surface area contributed by atoms with Crippen LogP contribution < -0.4 is 10.8 Å². The Hall–Kier alpha value is -2.09. The van der Waals surface area contributed by atoms with Crippen molar-refractivity contribution in [2.24, 2.45) is 0 Å². The highest BCUT2D eigenvalue weighted by Gasteiger charge is 2.21. The van der Waals surface area contributed by atoms with E-state index in [1.807, 2.05) is 6.92 Å². The van der Waals surface area contributed by atoms with E-state index in [1.165, 1.54) is 16.2 Å². The molecule has 2 heterocycles. The molecule has 3 rings (SSSR count).